The Kier molecular flexibility index (Phi) is 3.25. The van der Waals surface area contributed by atoms with Crippen LogP contribution in [0.2, 0.25) is 5.15 Å². The van der Waals surface area contributed by atoms with E-state index in [1.54, 1.807) is 6.92 Å². The van der Waals surface area contributed by atoms with E-state index in [1.807, 2.05) is 0 Å². The Labute approximate surface area is 125 Å². The van der Waals surface area contributed by atoms with E-state index in [1.165, 1.54) is 17.9 Å². The van der Waals surface area contributed by atoms with Gasteiger partial charge in [-0.25, -0.2) is 0 Å². The van der Waals surface area contributed by atoms with Crippen molar-refractivity contribution in [3.63, 3.8) is 0 Å². The van der Waals surface area contributed by atoms with Gasteiger partial charge in [-0.2, -0.15) is 19.6 Å². The molecule has 0 bridgehead atoms. The molecular weight excluding hydrogens is 296 g/mol. The molecule has 1 aliphatic rings. The molecule has 0 aliphatic carbocycles. The smallest absolute Gasteiger partial charge is 0.255 e. The molecule has 2 amide bonds. The molecule has 3 heterocycles. The summed E-state index contributed by atoms with van der Waals surface area (Å²) in [5.41, 5.74) is 0.669. The number of nitrogens with zero attached hydrogens (tertiary/aromatic N) is 5. The van der Waals surface area contributed by atoms with Crippen LogP contribution in [0.3, 0.4) is 0 Å². The SMILES string of the molecule is Cc1c(Cl)nc2ncnn2c1NC1CCC(=O)N(C)C1=O. The highest BCUT2D eigenvalue weighted by Gasteiger charge is 2.32. The molecule has 1 aliphatic heterocycles. The molecule has 110 valence electrons. The second-order valence-corrected chi connectivity index (χ2v) is 5.23. The highest BCUT2D eigenvalue weighted by atomic mass is 35.5. The monoisotopic (exact) mass is 308 g/mol. The fourth-order valence-electron chi connectivity index (χ4n) is 2.28. The minimum absolute atomic E-state index is 0.173. The van der Waals surface area contributed by atoms with Crippen molar-refractivity contribution in [3.05, 3.63) is 17.0 Å². The maximum Gasteiger partial charge on any atom is 0.255 e. The number of halogens is 1. The third-order valence-corrected chi connectivity index (χ3v) is 3.93. The van der Waals surface area contributed by atoms with Crippen molar-refractivity contribution in [2.24, 2.45) is 0 Å². The van der Waals surface area contributed by atoms with Crippen LogP contribution in [0.25, 0.3) is 5.78 Å². The second-order valence-electron chi connectivity index (χ2n) is 4.87. The molecule has 1 N–H and O–H groups in total. The average molecular weight is 309 g/mol. The first kappa shape index (κ1) is 13.7. The number of carbonyl (C=O) groups excluding carboxylic acids is 2. The molecule has 0 radical (unpaired) electrons. The molecule has 2 aromatic rings. The van der Waals surface area contributed by atoms with Crippen molar-refractivity contribution in [3.8, 4) is 0 Å². The average Bonchev–Trinajstić information content (AvgIpc) is 2.91. The highest BCUT2D eigenvalue weighted by molar-refractivity contribution is 6.30. The highest BCUT2D eigenvalue weighted by Crippen LogP contribution is 2.24. The number of anilines is 1. The summed E-state index contributed by atoms with van der Waals surface area (Å²) >= 11 is 6.07. The van der Waals surface area contributed by atoms with E-state index in [9.17, 15) is 9.59 Å². The first-order valence-corrected chi connectivity index (χ1v) is 6.79. The van der Waals surface area contributed by atoms with Crippen LogP contribution in [0.15, 0.2) is 6.33 Å². The predicted molar refractivity (Wildman–Crippen MR) is 75.0 cm³/mol. The molecule has 2 aromatic heterocycles. The Morgan fingerprint density at radius 2 is 2.19 bits per heavy atom. The van der Waals surface area contributed by atoms with Gasteiger partial charge in [-0.1, -0.05) is 11.6 Å². The van der Waals surface area contributed by atoms with Gasteiger partial charge >= 0.3 is 0 Å². The molecule has 1 unspecified atom stereocenters. The molecule has 0 spiro atoms. The molecule has 9 heteroatoms. The summed E-state index contributed by atoms with van der Waals surface area (Å²) in [4.78, 5) is 32.9. The van der Waals surface area contributed by atoms with Gasteiger partial charge in [0.1, 0.15) is 23.3 Å². The molecule has 21 heavy (non-hydrogen) atoms. The maximum absolute atomic E-state index is 12.2. The third kappa shape index (κ3) is 2.21. The van der Waals surface area contributed by atoms with Gasteiger partial charge in [0, 0.05) is 19.0 Å². The quantitative estimate of drug-likeness (QED) is 0.646. The molecule has 1 atom stereocenters. The number of hydrogen-bond acceptors (Lipinski definition) is 6. The van der Waals surface area contributed by atoms with Gasteiger partial charge in [0.2, 0.25) is 5.91 Å². The Balaban J connectivity index is 1.98. The van der Waals surface area contributed by atoms with Crippen molar-refractivity contribution < 1.29 is 9.59 Å². The van der Waals surface area contributed by atoms with E-state index in [0.29, 0.717) is 35.2 Å². The number of carbonyl (C=O) groups is 2. The van der Waals surface area contributed by atoms with Gasteiger partial charge in [0.25, 0.3) is 11.7 Å². The number of hydrogen-bond donors (Lipinski definition) is 1. The van der Waals surface area contributed by atoms with Crippen LogP contribution in [0.5, 0.6) is 0 Å². The summed E-state index contributed by atoms with van der Waals surface area (Å²) in [5.74, 6) is 0.463. The van der Waals surface area contributed by atoms with Crippen LogP contribution < -0.4 is 5.32 Å². The zero-order valence-electron chi connectivity index (χ0n) is 11.5. The summed E-state index contributed by atoms with van der Waals surface area (Å²) in [6.45, 7) is 1.78. The summed E-state index contributed by atoms with van der Waals surface area (Å²) in [6.07, 6.45) is 2.11. The van der Waals surface area contributed by atoms with E-state index in [4.69, 9.17) is 11.6 Å². The summed E-state index contributed by atoms with van der Waals surface area (Å²) < 4.78 is 1.49. The zero-order chi connectivity index (χ0) is 15.1. The Morgan fingerprint density at radius 3 is 2.95 bits per heavy atom. The standard InChI is InChI=1S/C12H13ClN6O2/c1-6-9(13)17-12-14-5-15-19(12)10(6)16-7-3-4-8(20)18(2)11(7)21/h5,7,16H,3-4H2,1-2H3. The van der Waals surface area contributed by atoms with Crippen LogP contribution in [0.4, 0.5) is 5.82 Å². The lowest BCUT2D eigenvalue weighted by molar-refractivity contribution is -0.146. The topological polar surface area (TPSA) is 92.5 Å². The number of aromatic nitrogens is 4. The van der Waals surface area contributed by atoms with Crippen LogP contribution in [0.1, 0.15) is 18.4 Å². The van der Waals surface area contributed by atoms with Crippen molar-refractivity contribution in [1.82, 2.24) is 24.5 Å². The Bertz CT molecular complexity index is 743. The lowest BCUT2D eigenvalue weighted by Crippen LogP contribution is -2.48. The van der Waals surface area contributed by atoms with Crippen LogP contribution in [-0.4, -0.2) is 49.4 Å². The summed E-state index contributed by atoms with van der Waals surface area (Å²) in [6, 6.07) is -0.503. The third-order valence-electron chi connectivity index (χ3n) is 3.56. The molecule has 1 fully saturated rings. The Morgan fingerprint density at radius 1 is 1.43 bits per heavy atom. The molecular formula is C12H13ClN6O2. The van der Waals surface area contributed by atoms with E-state index < -0.39 is 6.04 Å². The fraction of sp³-hybridized carbons (Fsp3) is 0.417. The lowest BCUT2D eigenvalue weighted by atomic mass is 10.0. The van der Waals surface area contributed by atoms with Gasteiger partial charge in [-0.15, -0.1) is 0 Å². The van der Waals surface area contributed by atoms with E-state index in [-0.39, 0.29) is 11.8 Å². The molecule has 0 saturated carbocycles. The van der Waals surface area contributed by atoms with E-state index in [0.717, 1.165) is 4.90 Å². The second kappa shape index (κ2) is 4.96. The van der Waals surface area contributed by atoms with Crippen molar-refractivity contribution in [1.29, 1.82) is 0 Å². The number of likely N-dealkylation sites (N-methyl/N-ethyl adjacent to an activating group) is 1. The first-order valence-electron chi connectivity index (χ1n) is 6.42. The number of rotatable bonds is 2. The summed E-state index contributed by atoms with van der Waals surface area (Å²) in [7, 11) is 1.48. The van der Waals surface area contributed by atoms with Crippen molar-refractivity contribution in [2.45, 2.75) is 25.8 Å². The largest absolute Gasteiger partial charge is 0.358 e. The first-order chi connectivity index (χ1) is 9.99. The molecule has 3 rings (SSSR count). The lowest BCUT2D eigenvalue weighted by Gasteiger charge is -2.29. The van der Waals surface area contributed by atoms with Crippen molar-refractivity contribution >= 4 is 35.0 Å². The maximum atomic E-state index is 12.2. The van der Waals surface area contributed by atoms with Crippen molar-refractivity contribution in [2.75, 3.05) is 12.4 Å². The number of amides is 2. The number of imide groups is 1. The van der Waals surface area contributed by atoms with Crippen LogP contribution in [0, 0.1) is 6.92 Å². The molecule has 0 aromatic carbocycles. The zero-order valence-corrected chi connectivity index (χ0v) is 12.3. The normalized spacial score (nSPS) is 19.4. The number of piperidine rings is 1. The Hall–Kier alpha value is -2.22. The van der Waals surface area contributed by atoms with E-state index >= 15 is 0 Å². The van der Waals surface area contributed by atoms with Gasteiger partial charge in [0.05, 0.1) is 0 Å². The minimum atomic E-state index is -0.503. The van der Waals surface area contributed by atoms with Gasteiger partial charge < -0.3 is 5.32 Å². The fourth-order valence-corrected chi connectivity index (χ4v) is 2.45. The van der Waals surface area contributed by atoms with Crippen LogP contribution in [-0.2, 0) is 9.59 Å². The van der Waals surface area contributed by atoms with Gasteiger partial charge in [-0.3, -0.25) is 14.5 Å². The van der Waals surface area contributed by atoms with Gasteiger partial charge in [0.15, 0.2) is 0 Å². The molecule has 1 saturated heterocycles. The van der Waals surface area contributed by atoms with Gasteiger partial charge in [-0.05, 0) is 13.3 Å². The minimum Gasteiger partial charge on any atom is -0.358 e. The van der Waals surface area contributed by atoms with E-state index in [2.05, 4.69) is 20.4 Å². The number of nitrogens with one attached hydrogen (secondary N) is 1. The predicted octanol–water partition coefficient (Wildman–Crippen LogP) is 0.645. The van der Waals surface area contributed by atoms with Crippen LogP contribution >= 0.6 is 11.6 Å². The summed E-state index contributed by atoms with van der Waals surface area (Å²) in [5, 5.41) is 7.48. The number of fused-ring (bicyclic) bond motifs is 1. The molecule has 8 nitrogen and oxygen atoms in total. The number of likely N-dealkylation sites (tertiary alicyclic amines) is 1.